The summed E-state index contributed by atoms with van der Waals surface area (Å²) in [5.41, 5.74) is 3.55. The second-order valence-corrected chi connectivity index (χ2v) is 9.34. The first-order valence-electron chi connectivity index (χ1n) is 10.0. The molecule has 0 spiro atoms. The molecule has 0 unspecified atom stereocenters. The molecule has 2 heterocycles. The van der Waals surface area contributed by atoms with Crippen LogP contribution >= 0.6 is 35.0 Å². The van der Waals surface area contributed by atoms with Gasteiger partial charge in [-0.1, -0.05) is 44.0 Å². The van der Waals surface area contributed by atoms with E-state index in [1.165, 1.54) is 5.82 Å². The lowest BCUT2D eigenvalue weighted by Crippen LogP contribution is -2.31. The lowest BCUT2D eigenvalue weighted by molar-refractivity contribution is 0.599. The van der Waals surface area contributed by atoms with E-state index in [9.17, 15) is 0 Å². The normalized spacial score (nSPS) is 11.6. The maximum Gasteiger partial charge on any atom is 0.165 e. The molecule has 0 aliphatic carbocycles. The van der Waals surface area contributed by atoms with Crippen molar-refractivity contribution in [3.05, 3.63) is 46.3 Å². The highest BCUT2D eigenvalue weighted by Crippen LogP contribution is 2.34. The number of hydrogen-bond donors (Lipinski definition) is 0. The first-order chi connectivity index (χ1) is 14.0. The zero-order valence-electron chi connectivity index (χ0n) is 17.5. The van der Waals surface area contributed by atoms with Crippen LogP contribution in [0.2, 0.25) is 10.0 Å². The molecule has 0 saturated heterocycles. The van der Waals surface area contributed by atoms with Crippen molar-refractivity contribution in [2.45, 2.75) is 33.6 Å². The standard InChI is InChI=1S/C22H28Cl2N4S/c1-5-19-22(27(14-15(2)3)10-6-12-29-4)28-11-9-25-20(21(28)26-19)17-8-7-16(23)13-18(17)24/h7-9,11,13,15H,5-6,10,12,14H2,1-4H3. The Morgan fingerprint density at radius 2 is 2.03 bits per heavy atom. The molecule has 0 aliphatic rings. The summed E-state index contributed by atoms with van der Waals surface area (Å²) in [5, 5.41) is 1.19. The van der Waals surface area contributed by atoms with Crippen molar-refractivity contribution in [1.29, 1.82) is 0 Å². The molecule has 0 radical (unpaired) electrons. The highest BCUT2D eigenvalue weighted by Gasteiger charge is 2.21. The molecule has 7 heteroatoms. The molecule has 2 aromatic heterocycles. The van der Waals surface area contributed by atoms with E-state index in [0.29, 0.717) is 16.0 Å². The number of thioether (sulfide) groups is 1. The van der Waals surface area contributed by atoms with E-state index in [4.69, 9.17) is 28.2 Å². The zero-order valence-corrected chi connectivity index (χ0v) is 19.8. The van der Waals surface area contributed by atoms with Crippen LogP contribution in [0.3, 0.4) is 0 Å². The first-order valence-corrected chi connectivity index (χ1v) is 12.2. The monoisotopic (exact) mass is 450 g/mol. The second kappa shape index (κ2) is 10.1. The number of anilines is 1. The third kappa shape index (κ3) is 5.01. The molecular formula is C22H28Cl2N4S. The number of aryl methyl sites for hydroxylation is 1. The summed E-state index contributed by atoms with van der Waals surface area (Å²) in [6, 6.07) is 5.50. The predicted octanol–water partition coefficient (Wildman–Crippen LogP) is 6.48. The number of hydrogen-bond acceptors (Lipinski definition) is 4. The summed E-state index contributed by atoms with van der Waals surface area (Å²) >= 11 is 14.5. The summed E-state index contributed by atoms with van der Waals surface area (Å²) in [6.45, 7) is 8.69. The maximum atomic E-state index is 6.49. The Bertz CT molecular complexity index is 971. The fraction of sp³-hybridized carbons (Fsp3) is 0.455. The zero-order chi connectivity index (χ0) is 21.0. The highest BCUT2D eigenvalue weighted by molar-refractivity contribution is 7.98. The Labute approximate surface area is 187 Å². The SMILES string of the molecule is CCc1nc2c(-c3ccc(Cl)cc3Cl)nccn2c1N(CCCSC)CC(C)C. The van der Waals surface area contributed by atoms with Gasteiger partial charge in [0.15, 0.2) is 5.65 Å². The number of halogens is 2. The minimum atomic E-state index is 0.562. The van der Waals surface area contributed by atoms with Crippen LogP contribution in [0, 0.1) is 5.92 Å². The number of nitrogens with zero attached hydrogens (tertiary/aromatic N) is 4. The molecule has 4 nitrogen and oxygen atoms in total. The van der Waals surface area contributed by atoms with E-state index in [1.807, 2.05) is 36.3 Å². The lowest BCUT2D eigenvalue weighted by Gasteiger charge is -2.27. The van der Waals surface area contributed by atoms with Crippen molar-refractivity contribution in [1.82, 2.24) is 14.4 Å². The number of fused-ring (bicyclic) bond motifs is 1. The largest absolute Gasteiger partial charge is 0.356 e. The number of imidazole rings is 1. The minimum absolute atomic E-state index is 0.562. The smallest absolute Gasteiger partial charge is 0.165 e. The van der Waals surface area contributed by atoms with Crippen molar-refractivity contribution in [2.75, 3.05) is 30.0 Å². The van der Waals surface area contributed by atoms with Crippen LogP contribution in [0.5, 0.6) is 0 Å². The molecule has 3 rings (SSSR count). The van der Waals surface area contributed by atoms with Gasteiger partial charge in [-0.25, -0.2) is 4.98 Å². The highest BCUT2D eigenvalue weighted by atomic mass is 35.5. The minimum Gasteiger partial charge on any atom is -0.356 e. The third-order valence-electron chi connectivity index (χ3n) is 4.77. The van der Waals surface area contributed by atoms with Gasteiger partial charge in [0.25, 0.3) is 0 Å². The van der Waals surface area contributed by atoms with Crippen LogP contribution in [0.4, 0.5) is 5.82 Å². The van der Waals surface area contributed by atoms with Gasteiger partial charge in [-0.2, -0.15) is 11.8 Å². The van der Waals surface area contributed by atoms with Crippen molar-refractivity contribution in [2.24, 2.45) is 5.92 Å². The molecule has 29 heavy (non-hydrogen) atoms. The number of benzene rings is 1. The van der Waals surface area contributed by atoms with E-state index >= 15 is 0 Å². The average molecular weight is 451 g/mol. The molecule has 0 saturated carbocycles. The molecule has 0 bridgehead atoms. The van der Waals surface area contributed by atoms with Crippen molar-refractivity contribution >= 4 is 46.4 Å². The van der Waals surface area contributed by atoms with Gasteiger partial charge in [0, 0.05) is 36.1 Å². The fourth-order valence-electron chi connectivity index (χ4n) is 3.58. The van der Waals surface area contributed by atoms with Gasteiger partial charge in [-0.05, 0) is 49.0 Å². The molecular weight excluding hydrogens is 423 g/mol. The van der Waals surface area contributed by atoms with Gasteiger partial charge >= 0.3 is 0 Å². The maximum absolute atomic E-state index is 6.49. The van der Waals surface area contributed by atoms with Crippen LogP contribution in [0.25, 0.3) is 16.9 Å². The summed E-state index contributed by atoms with van der Waals surface area (Å²) < 4.78 is 2.17. The quantitative estimate of drug-likeness (QED) is 0.349. The third-order valence-corrected chi connectivity index (χ3v) is 6.01. The van der Waals surface area contributed by atoms with Gasteiger partial charge in [-0.15, -0.1) is 0 Å². The van der Waals surface area contributed by atoms with E-state index in [1.54, 1.807) is 6.07 Å². The molecule has 156 valence electrons. The Hall–Kier alpha value is -1.43. The molecule has 0 aliphatic heterocycles. The first kappa shape index (κ1) is 22.3. The summed E-state index contributed by atoms with van der Waals surface area (Å²) in [7, 11) is 0. The molecule has 0 amide bonds. The van der Waals surface area contributed by atoms with Gasteiger partial charge in [0.1, 0.15) is 11.5 Å². The van der Waals surface area contributed by atoms with E-state index in [0.717, 1.165) is 54.3 Å². The fourth-order valence-corrected chi connectivity index (χ4v) is 4.50. The van der Waals surface area contributed by atoms with Crippen molar-refractivity contribution < 1.29 is 0 Å². The van der Waals surface area contributed by atoms with E-state index in [-0.39, 0.29) is 0 Å². The van der Waals surface area contributed by atoms with Gasteiger partial charge in [0.05, 0.1) is 10.7 Å². The topological polar surface area (TPSA) is 33.4 Å². The van der Waals surface area contributed by atoms with Crippen LogP contribution < -0.4 is 4.90 Å². The number of rotatable bonds is 9. The summed E-state index contributed by atoms with van der Waals surface area (Å²) in [4.78, 5) is 12.1. The van der Waals surface area contributed by atoms with Crippen LogP contribution in [-0.2, 0) is 6.42 Å². The number of aromatic nitrogens is 3. The van der Waals surface area contributed by atoms with Gasteiger partial charge in [-0.3, -0.25) is 9.38 Å². The van der Waals surface area contributed by atoms with E-state index < -0.39 is 0 Å². The molecule has 0 fully saturated rings. The van der Waals surface area contributed by atoms with Gasteiger partial charge < -0.3 is 4.90 Å². The van der Waals surface area contributed by atoms with Crippen LogP contribution in [0.1, 0.15) is 32.9 Å². The molecule has 1 aromatic carbocycles. The van der Waals surface area contributed by atoms with E-state index in [2.05, 4.69) is 41.3 Å². The van der Waals surface area contributed by atoms with Crippen LogP contribution in [-0.4, -0.2) is 39.5 Å². The Morgan fingerprint density at radius 3 is 2.69 bits per heavy atom. The van der Waals surface area contributed by atoms with Crippen LogP contribution in [0.15, 0.2) is 30.6 Å². The summed E-state index contributed by atoms with van der Waals surface area (Å²) in [5.74, 6) is 2.89. The average Bonchev–Trinajstić information content (AvgIpc) is 3.06. The predicted molar refractivity (Wildman–Crippen MR) is 128 cm³/mol. The molecule has 0 atom stereocenters. The Morgan fingerprint density at radius 1 is 1.24 bits per heavy atom. The van der Waals surface area contributed by atoms with Crippen molar-refractivity contribution in [3.8, 4) is 11.3 Å². The molecule has 0 N–H and O–H groups in total. The lowest BCUT2D eigenvalue weighted by atomic mass is 10.1. The summed E-state index contributed by atoms with van der Waals surface area (Å²) in [6.07, 6.45) is 8.00. The Kier molecular flexibility index (Phi) is 7.72. The van der Waals surface area contributed by atoms with Crippen molar-refractivity contribution in [3.63, 3.8) is 0 Å². The second-order valence-electron chi connectivity index (χ2n) is 7.52. The van der Waals surface area contributed by atoms with Gasteiger partial charge in [0.2, 0.25) is 0 Å². The Balaban J connectivity index is 2.14. The molecule has 3 aromatic rings.